The number of nitrogens with zero attached hydrogens (tertiary/aromatic N) is 1. The quantitative estimate of drug-likeness (QED) is 0.798. The predicted octanol–water partition coefficient (Wildman–Crippen LogP) is 3.37. The number of aryl methyl sites for hydroxylation is 1. The van der Waals surface area contributed by atoms with Crippen molar-refractivity contribution in [3.8, 4) is 0 Å². The van der Waals surface area contributed by atoms with Crippen molar-refractivity contribution >= 4 is 23.5 Å². The molecular weight excluding hydrogens is 302 g/mol. The first kappa shape index (κ1) is 16.8. The molecule has 0 radical (unpaired) electrons. The van der Waals surface area contributed by atoms with Crippen LogP contribution in [0.2, 0.25) is 5.02 Å². The highest BCUT2D eigenvalue weighted by atomic mass is 35.5. The van der Waals surface area contributed by atoms with Crippen LogP contribution in [0.3, 0.4) is 0 Å². The molecule has 0 bridgehead atoms. The van der Waals surface area contributed by atoms with E-state index in [1.807, 2.05) is 24.3 Å². The van der Waals surface area contributed by atoms with Crippen LogP contribution in [-0.2, 0) is 16.0 Å². The number of benzene rings is 1. The number of hydrogen-bond donors (Lipinski definition) is 1. The number of carbonyl (C=O) groups is 2. The van der Waals surface area contributed by atoms with Crippen LogP contribution in [0.4, 0.5) is 0 Å². The lowest BCUT2D eigenvalue weighted by molar-refractivity contribution is -0.143. The molecule has 1 atom stereocenters. The molecular formula is C17H22ClNO3. The molecule has 5 heteroatoms. The van der Waals surface area contributed by atoms with Crippen LogP contribution in [0.1, 0.15) is 38.2 Å². The molecule has 1 amide bonds. The van der Waals surface area contributed by atoms with Gasteiger partial charge in [-0.1, -0.05) is 30.7 Å². The molecule has 22 heavy (non-hydrogen) atoms. The standard InChI is InChI=1S/C17H22ClNO3/c1-12(17(21)22)11-19(15-9-10-15)16(20)4-2-3-13-5-7-14(18)8-6-13/h5-8,12,15H,2-4,9-11H2,1H3,(H,21,22). The van der Waals surface area contributed by atoms with Crippen LogP contribution in [0.25, 0.3) is 0 Å². The molecule has 0 spiro atoms. The fourth-order valence-electron chi connectivity index (χ4n) is 2.45. The van der Waals surface area contributed by atoms with Crippen molar-refractivity contribution < 1.29 is 14.7 Å². The Balaban J connectivity index is 1.81. The minimum absolute atomic E-state index is 0.0737. The molecule has 2 rings (SSSR count). The Morgan fingerprint density at radius 3 is 2.50 bits per heavy atom. The second kappa shape index (κ2) is 7.63. The van der Waals surface area contributed by atoms with Gasteiger partial charge >= 0.3 is 5.97 Å². The van der Waals surface area contributed by atoms with Crippen molar-refractivity contribution in [1.82, 2.24) is 4.90 Å². The highest BCUT2D eigenvalue weighted by Crippen LogP contribution is 2.28. The number of rotatable bonds is 8. The molecule has 120 valence electrons. The number of amides is 1. The van der Waals surface area contributed by atoms with E-state index in [0.29, 0.717) is 18.0 Å². The van der Waals surface area contributed by atoms with E-state index < -0.39 is 11.9 Å². The third-order valence-electron chi connectivity index (χ3n) is 3.97. The Kier molecular flexibility index (Phi) is 5.83. The molecule has 0 aliphatic heterocycles. The zero-order valence-electron chi connectivity index (χ0n) is 12.8. The molecule has 4 nitrogen and oxygen atoms in total. The molecule has 1 unspecified atom stereocenters. The number of carboxylic acids is 1. The lowest BCUT2D eigenvalue weighted by atomic mass is 10.1. The van der Waals surface area contributed by atoms with Gasteiger partial charge < -0.3 is 10.0 Å². The summed E-state index contributed by atoms with van der Waals surface area (Å²) in [4.78, 5) is 25.1. The Labute approximate surface area is 136 Å². The van der Waals surface area contributed by atoms with E-state index in [1.165, 1.54) is 0 Å². The van der Waals surface area contributed by atoms with Gasteiger partial charge in [0.2, 0.25) is 5.91 Å². The van der Waals surface area contributed by atoms with E-state index in [0.717, 1.165) is 31.2 Å². The van der Waals surface area contributed by atoms with Crippen LogP contribution in [0.5, 0.6) is 0 Å². The van der Waals surface area contributed by atoms with Crippen LogP contribution in [0, 0.1) is 5.92 Å². The smallest absolute Gasteiger partial charge is 0.308 e. The third-order valence-corrected chi connectivity index (χ3v) is 4.22. The van der Waals surface area contributed by atoms with Crippen molar-refractivity contribution in [1.29, 1.82) is 0 Å². The monoisotopic (exact) mass is 323 g/mol. The lowest BCUT2D eigenvalue weighted by Gasteiger charge is -2.24. The zero-order chi connectivity index (χ0) is 16.1. The van der Waals surface area contributed by atoms with Gasteiger partial charge in [0.05, 0.1) is 5.92 Å². The molecule has 0 saturated heterocycles. The highest BCUT2D eigenvalue weighted by Gasteiger charge is 2.33. The lowest BCUT2D eigenvalue weighted by Crippen LogP contribution is -2.38. The van der Waals surface area contributed by atoms with Gasteiger partial charge in [0.25, 0.3) is 0 Å². The van der Waals surface area contributed by atoms with E-state index in [2.05, 4.69) is 0 Å². The summed E-state index contributed by atoms with van der Waals surface area (Å²) in [5.74, 6) is -1.29. The summed E-state index contributed by atoms with van der Waals surface area (Å²) in [5, 5.41) is 9.72. The Hall–Kier alpha value is -1.55. The van der Waals surface area contributed by atoms with Crippen LogP contribution in [-0.4, -0.2) is 34.5 Å². The number of carbonyl (C=O) groups excluding carboxylic acids is 1. The van der Waals surface area contributed by atoms with Gasteiger partial charge in [0, 0.05) is 24.0 Å². The Bertz CT molecular complexity index is 525. The van der Waals surface area contributed by atoms with Crippen LogP contribution >= 0.6 is 11.6 Å². The van der Waals surface area contributed by atoms with E-state index in [1.54, 1.807) is 11.8 Å². The summed E-state index contributed by atoms with van der Waals surface area (Å²) in [5.41, 5.74) is 1.16. The van der Waals surface area contributed by atoms with E-state index in [9.17, 15) is 9.59 Å². The first-order chi connectivity index (χ1) is 10.5. The fraction of sp³-hybridized carbons (Fsp3) is 0.529. The van der Waals surface area contributed by atoms with Gasteiger partial charge in [-0.15, -0.1) is 0 Å². The normalized spacial score (nSPS) is 15.4. The second-order valence-corrected chi connectivity index (χ2v) is 6.43. The number of hydrogen-bond acceptors (Lipinski definition) is 2. The summed E-state index contributed by atoms with van der Waals surface area (Å²) >= 11 is 5.84. The fourth-order valence-corrected chi connectivity index (χ4v) is 2.58. The number of halogens is 1. The van der Waals surface area contributed by atoms with Gasteiger partial charge in [-0.2, -0.15) is 0 Å². The van der Waals surface area contributed by atoms with Gasteiger partial charge in [-0.25, -0.2) is 0 Å². The number of aliphatic carboxylic acids is 1. The van der Waals surface area contributed by atoms with Crippen molar-refractivity contribution in [3.05, 3.63) is 34.9 Å². The summed E-state index contributed by atoms with van der Waals surface area (Å²) in [6, 6.07) is 7.90. The SMILES string of the molecule is CC(CN(C(=O)CCCc1ccc(Cl)cc1)C1CC1)C(=O)O. The van der Waals surface area contributed by atoms with Gasteiger partial charge in [0.1, 0.15) is 0 Å². The minimum Gasteiger partial charge on any atom is -0.481 e. The van der Waals surface area contributed by atoms with E-state index in [-0.39, 0.29) is 11.9 Å². The summed E-state index contributed by atoms with van der Waals surface area (Å²) in [6.45, 7) is 1.97. The summed E-state index contributed by atoms with van der Waals surface area (Å²) < 4.78 is 0. The average molecular weight is 324 g/mol. The largest absolute Gasteiger partial charge is 0.481 e. The highest BCUT2D eigenvalue weighted by molar-refractivity contribution is 6.30. The van der Waals surface area contributed by atoms with Crippen LogP contribution in [0.15, 0.2) is 24.3 Å². The minimum atomic E-state index is -0.848. The molecule has 1 aliphatic rings. The topological polar surface area (TPSA) is 57.6 Å². The van der Waals surface area contributed by atoms with Crippen LogP contribution < -0.4 is 0 Å². The van der Waals surface area contributed by atoms with Crippen molar-refractivity contribution in [2.75, 3.05) is 6.54 Å². The Morgan fingerprint density at radius 1 is 1.32 bits per heavy atom. The molecule has 1 aliphatic carbocycles. The van der Waals surface area contributed by atoms with Gasteiger partial charge in [-0.05, 0) is 43.4 Å². The van der Waals surface area contributed by atoms with Gasteiger partial charge in [0.15, 0.2) is 0 Å². The molecule has 0 aromatic heterocycles. The molecule has 0 heterocycles. The second-order valence-electron chi connectivity index (χ2n) is 6.00. The number of carboxylic acid groups (broad SMARTS) is 1. The van der Waals surface area contributed by atoms with Gasteiger partial charge in [-0.3, -0.25) is 9.59 Å². The molecule has 1 saturated carbocycles. The average Bonchev–Trinajstić information content (AvgIpc) is 3.30. The zero-order valence-corrected chi connectivity index (χ0v) is 13.6. The molecule has 1 N–H and O–H groups in total. The van der Waals surface area contributed by atoms with Crippen molar-refractivity contribution in [2.24, 2.45) is 5.92 Å². The molecule has 1 aromatic carbocycles. The molecule has 1 fully saturated rings. The maximum absolute atomic E-state index is 12.3. The molecule has 1 aromatic rings. The summed E-state index contributed by atoms with van der Waals surface area (Å²) in [6.07, 6.45) is 4.05. The predicted molar refractivity (Wildman–Crippen MR) is 85.9 cm³/mol. The van der Waals surface area contributed by atoms with Crippen molar-refractivity contribution in [2.45, 2.75) is 45.1 Å². The van der Waals surface area contributed by atoms with E-state index >= 15 is 0 Å². The maximum atomic E-state index is 12.3. The first-order valence-corrected chi connectivity index (χ1v) is 8.12. The first-order valence-electron chi connectivity index (χ1n) is 7.74. The maximum Gasteiger partial charge on any atom is 0.308 e. The van der Waals surface area contributed by atoms with E-state index in [4.69, 9.17) is 16.7 Å². The Morgan fingerprint density at radius 2 is 1.95 bits per heavy atom. The van der Waals surface area contributed by atoms with Crippen molar-refractivity contribution in [3.63, 3.8) is 0 Å². The summed E-state index contributed by atoms with van der Waals surface area (Å²) in [7, 11) is 0. The third kappa shape index (κ3) is 5.02.